The van der Waals surface area contributed by atoms with Gasteiger partial charge in [0.1, 0.15) is 13.2 Å². The minimum Gasteiger partial charge on any atom is -0.462 e. The van der Waals surface area contributed by atoms with E-state index in [9.17, 15) is 24.6 Å². The number of epoxide rings is 3. The molecule has 9 atom stereocenters. The van der Waals surface area contributed by atoms with Crippen LogP contribution in [0.4, 0.5) is 0 Å². The van der Waals surface area contributed by atoms with Crippen molar-refractivity contribution < 1.29 is 53.0 Å². The van der Waals surface area contributed by atoms with Crippen molar-refractivity contribution in [1.82, 2.24) is 0 Å². The number of rotatable bonds is 50. The molecule has 2 N–H and O–H groups in total. The van der Waals surface area contributed by atoms with Crippen molar-refractivity contribution in [3.05, 3.63) is 0 Å². The monoisotopic (exact) mass is 965 g/mol. The summed E-state index contributed by atoms with van der Waals surface area (Å²) in [5, 5.41) is 20.6. The van der Waals surface area contributed by atoms with Gasteiger partial charge < -0.3 is 38.6 Å². The summed E-state index contributed by atoms with van der Waals surface area (Å²) in [6, 6.07) is 0. The highest BCUT2D eigenvalue weighted by Crippen LogP contribution is 2.34. The van der Waals surface area contributed by atoms with E-state index >= 15 is 0 Å². The number of esters is 3. The molecule has 68 heavy (non-hydrogen) atoms. The van der Waals surface area contributed by atoms with Gasteiger partial charge in [-0.05, 0) is 57.8 Å². The zero-order valence-electron chi connectivity index (χ0n) is 44.0. The van der Waals surface area contributed by atoms with Crippen molar-refractivity contribution in [2.24, 2.45) is 0 Å². The van der Waals surface area contributed by atoms with E-state index in [1.165, 1.54) is 89.9 Å². The molecular formula is C57H104O11. The largest absolute Gasteiger partial charge is 0.462 e. The Hall–Kier alpha value is -1.79. The van der Waals surface area contributed by atoms with Crippen molar-refractivity contribution >= 4 is 17.9 Å². The van der Waals surface area contributed by atoms with Gasteiger partial charge in [0.2, 0.25) is 0 Å². The normalized spacial score (nSPS) is 21.8. The van der Waals surface area contributed by atoms with E-state index in [4.69, 9.17) is 28.4 Å². The Labute approximate surface area is 415 Å². The maximum Gasteiger partial charge on any atom is 0.306 e. The minimum atomic E-state index is -0.832. The topological polar surface area (TPSA) is 157 Å². The molecule has 0 radical (unpaired) electrons. The van der Waals surface area contributed by atoms with Crippen molar-refractivity contribution in [3.63, 3.8) is 0 Å². The number of carbonyl (C=O) groups excluding carboxylic acids is 3. The highest BCUT2D eigenvalue weighted by molar-refractivity contribution is 5.71. The summed E-state index contributed by atoms with van der Waals surface area (Å²) in [5.41, 5.74) is 0. The van der Waals surface area contributed by atoms with Gasteiger partial charge in [0.15, 0.2) is 6.10 Å². The quantitative estimate of drug-likeness (QED) is 0.0259. The molecule has 0 aliphatic carbocycles. The van der Waals surface area contributed by atoms with Gasteiger partial charge in [0, 0.05) is 32.1 Å². The van der Waals surface area contributed by atoms with Crippen LogP contribution in [-0.4, -0.2) is 96.3 Å². The third-order valence-electron chi connectivity index (χ3n) is 14.5. The van der Waals surface area contributed by atoms with Crippen LogP contribution in [0.3, 0.4) is 0 Å². The third-order valence-corrected chi connectivity index (χ3v) is 14.5. The van der Waals surface area contributed by atoms with Crippen LogP contribution in [0.15, 0.2) is 0 Å². The van der Waals surface area contributed by atoms with Gasteiger partial charge >= 0.3 is 17.9 Å². The first kappa shape index (κ1) is 60.5. The van der Waals surface area contributed by atoms with Crippen molar-refractivity contribution in [2.75, 3.05) is 13.2 Å². The Morgan fingerprint density at radius 2 is 0.676 bits per heavy atom. The Morgan fingerprint density at radius 3 is 1.06 bits per heavy atom. The summed E-state index contributed by atoms with van der Waals surface area (Å²) in [6.07, 6.45) is 41.3. The highest BCUT2D eigenvalue weighted by atomic mass is 16.6. The molecule has 7 unspecified atom stereocenters. The molecule has 0 aromatic carbocycles. The standard InChI is InChI=1S/C57H104O11/c1-4-7-10-13-17-26-35-49-50(66-49)36-27-18-14-21-30-39-55(60)63-44-48(65-57(62)41-32-23-16-20-29-38-52-54(68-52)43-47(59)34-25-12-9-6-3)45-64-56(61)40-31-22-15-19-28-37-51-53(67-51)42-46(58)33-24-11-8-5-2/h46-54,58-59H,4-45H2,1-3H3/t46-,47-,48?,49?,50?,51?,52?,53?,54?/m1/s1. The van der Waals surface area contributed by atoms with E-state index in [0.717, 1.165) is 141 Å². The summed E-state index contributed by atoms with van der Waals surface area (Å²) < 4.78 is 34.4. The molecule has 11 nitrogen and oxygen atoms in total. The Morgan fingerprint density at radius 1 is 0.382 bits per heavy atom. The second-order valence-corrected chi connectivity index (χ2v) is 21.1. The minimum absolute atomic E-state index is 0.122. The fourth-order valence-corrected chi connectivity index (χ4v) is 9.79. The summed E-state index contributed by atoms with van der Waals surface area (Å²) in [6.45, 7) is 6.41. The van der Waals surface area contributed by atoms with Crippen LogP contribution in [0.2, 0.25) is 0 Å². The predicted molar refractivity (Wildman–Crippen MR) is 271 cm³/mol. The van der Waals surface area contributed by atoms with Crippen LogP contribution in [0.1, 0.15) is 278 Å². The number of hydrogen-bond acceptors (Lipinski definition) is 11. The van der Waals surface area contributed by atoms with Gasteiger partial charge in [-0.2, -0.15) is 0 Å². The Balaban J connectivity index is 1.24. The second kappa shape index (κ2) is 39.8. The number of aliphatic hydroxyl groups excluding tert-OH is 2. The SMILES string of the molecule is CCCCCCCCC1OC1CCCCCCCC(=O)OCC(COC(=O)CCCCCCCC1OC1C[C@H](O)CCCCCC)OC(=O)CCCCCCCC1OC1C[C@H](O)CCCCCC. The predicted octanol–water partition coefficient (Wildman–Crippen LogP) is 13.7. The van der Waals surface area contributed by atoms with Gasteiger partial charge in [-0.15, -0.1) is 0 Å². The summed E-state index contributed by atoms with van der Waals surface area (Å²) in [7, 11) is 0. The molecular weight excluding hydrogens is 861 g/mol. The smallest absolute Gasteiger partial charge is 0.306 e. The average molecular weight is 965 g/mol. The molecule has 0 aromatic rings. The molecule has 0 spiro atoms. The first-order valence-electron chi connectivity index (χ1n) is 29.0. The van der Waals surface area contributed by atoms with E-state index in [0.29, 0.717) is 31.5 Å². The number of aliphatic hydroxyl groups is 2. The third kappa shape index (κ3) is 33.0. The Kier molecular flexibility index (Phi) is 35.4. The molecule has 3 aliphatic rings. The van der Waals surface area contributed by atoms with Crippen molar-refractivity contribution in [1.29, 1.82) is 0 Å². The lowest BCUT2D eigenvalue weighted by Gasteiger charge is -2.18. The maximum atomic E-state index is 12.9. The molecule has 398 valence electrons. The Bertz CT molecular complexity index is 1250. The van der Waals surface area contributed by atoms with E-state index < -0.39 is 6.10 Å². The van der Waals surface area contributed by atoms with Crippen molar-refractivity contribution in [3.8, 4) is 0 Å². The van der Waals surface area contributed by atoms with Crippen LogP contribution in [0, 0.1) is 0 Å². The molecule has 0 saturated carbocycles. The molecule has 0 amide bonds. The highest BCUT2D eigenvalue weighted by Gasteiger charge is 2.40. The van der Waals surface area contributed by atoms with Gasteiger partial charge in [0.25, 0.3) is 0 Å². The number of unbranched alkanes of at least 4 members (excludes halogenated alkanes) is 23. The van der Waals surface area contributed by atoms with Gasteiger partial charge in [-0.1, -0.05) is 188 Å². The molecule has 3 rings (SSSR count). The van der Waals surface area contributed by atoms with Gasteiger partial charge in [0.05, 0.1) is 48.8 Å². The van der Waals surface area contributed by atoms with E-state index in [1.807, 2.05) is 0 Å². The average Bonchev–Trinajstić information content (AvgIpc) is 4.28. The zero-order valence-corrected chi connectivity index (χ0v) is 44.0. The lowest BCUT2D eigenvalue weighted by Crippen LogP contribution is -2.30. The van der Waals surface area contributed by atoms with Crippen LogP contribution in [0.25, 0.3) is 0 Å². The van der Waals surface area contributed by atoms with E-state index in [-0.39, 0.29) is 74.2 Å². The van der Waals surface area contributed by atoms with E-state index in [2.05, 4.69) is 20.8 Å². The van der Waals surface area contributed by atoms with Crippen LogP contribution < -0.4 is 0 Å². The molecule has 3 saturated heterocycles. The number of hydrogen-bond donors (Lipinski definition) is 2. The molecule has 0 bridgehead atoms. The fraction of sp³-hybridized carbons (Fsp3) is 0.947. The van der Waals surface area contributed by atoms with Gasteiger partial charge in [-0.25, -0.2) is 0 Å². The van der Waals surface area contributed by atoms with E-state index in [1.54, 1.807) is 0 Å². The zero-order chi connectivity index (χ0) is 48.9. The lowest BCUT2D eigenvalue weighted by molar-refractivity contribution is -0.167. The number of ether oxygens (including phenoxy) is 6. The maximum absolute atomic E-state index is 12.9. The van der Waals surface area contributed by atoms with Crippen LogP contribution in [0.5, 0.6) is 0 Å². The summed E-state index contributed by atoms with van der Waals surface area (Å²) >= 11 is 0. The fourth-order valence-electron chi connectivity index (χ4n) is 9.79. The molecule has 3 heterocycles. The molecule has 11 heteroatoms. The molecule has 0 aromatic heterocycles. The van der Waals surface area contributed by atoms with Crippen molar-refractivity contribution in [2.45, 2.75) is 333 Å². The van der Waals surface area contributed by atoms with Crippen LogP contribution in [-0.2, 0) is 42.8 Å². The molecule has 3 aliphatic heterocycles. The number of carbonyl (C=O) groups is 3. The first-order valence-corrected chi connectivity index (χ1v) is 29.0. The lowest BCUT2D eigenvalue weighted by atomic mass is 10.0. The molecule has 3 fully saturated rings. The van der Waals surface area contributed by atoms with Crippen LogP contribution >= 0.6 is 0 Å². The summed E-state index contributed by atoms with van der Waals surface area (Å²) in [5.74, 6) is -1.01. The van der Waals surface area contributed by atoms with Gasteiger partial charge in [-0.3, -0.25) is 14.4 Å². The first-order chi connectivity index (χ1) is 33.2. The summed E-state index contributed by atoms with van der Waals surface area (Å²) in [4.78, 5) is 38.3. The second-order valence-electron chi connectivity index (χ2n) is 21.1.